The van der Waals surface area contributed by atoms with Gasteiger partial charge < -0.3 is 15.3 Å². The molecule has 2 heterocycles. The van der Waals surface area contributed by atoms with E-state index in [-0.39, 0.29) is 12.1 Å². The maximum Gasteiger partial charge on any atom is 0.251 e. The molecule has 1 aliphatic heterocycles. The third kappa shape index (κ3) is 3.82. The molecule has 2 aromatic rings. The maximum absolute atomic E-state index is 14.3. The zero-order chi connectivity index (χ0) is 18.0. The summed E-state index contributed by atoms with van der Waals surface area (Å²) in [5.41, 5.74) is 0.127. The monoisotopic (exact) mass is 346 g/mol. The summed E-state index contributed by atoms with van der Waals surface area (Å²) < 4.78 is 15.9. The van der Waals surface area contributed by atoms with E-state index >= 15 is 0 Å². The summed E-state index contributed by atoms with van der Waals surface area (Å²) in [7, 11) is 1.75. The molecule has 1 fully saturated rings. The Balaban J connectivity index is 1.66. The predicted molar refractivity (Wildman–Crippen MR) is 93.0 cm³/mol. The van der Waals surface area contributed by atoms with Crippen LogP contribution >= 0.6 is 0 Å². The summed E-state index contributed by atoms with van der Waals surface area (Å²) in [6, 6.07) is 4.52. The van der Waals surface area contributed by atoms with Crippen LogP contribution in [0.5, 0.6) is 0 Å². The summed E-state index contributed by atoms with van der Waals surface area (Å²) in [5, 5.41) is 17.2. The molecule has 1 amide bonds. The van der Waals surface area contributed by atoms with E-state index in [4.69, 9.17) is 0 Å². The zero-order valence-electron chi connectivity index (χ0n) is 14.5. The fourth-order valence-corrected chi connectivity index (χ4v) is 3.02. The third-order valence-corrected chi connectivity index (χ3v) is 4.58. The smallest absolute Gasteiger partial charge is 0.251 e. The number of carbonyl (C=O) groups excluding carboxylic acids is 1. The van der Waals surface area contributed by atoms with E-state index in [1.165, 1.54) is 6.07 Å². The van der Waals surface area contributed by atoms with Crippen LogP contribution in [0, 0.1) is 5.82 Å². The van der Waals surface area contributed by atoms with Gasteiger partial charge in [0, 0.05) is 37.5 Å². The van der Waals surface area contributed by atoms with Gasteiger partial charge in [-0.2, -0.15) is 5.10 Å². The van der Waals surface area contributed by atoms with Gasteiger partial charge in [-0.25, -0.2) is 4.39 Å². The van der Waals surface area contributed by atoms with Crippen LogP contribution < -0.4 is 10.2 Å². The highest BCUT2D eigenvalue weighted by Crippen LogP contribution is 2.24. The number of halogens is 1. The van der Waals surface area contributed by atoms with E-state index in [9.17, 15) is 14.3 Å². The number of anilines is 1. The van der Waals surface area contributed by atoms with E-state index < -0.39 is 17.3 Å². The highest BCUT2D eigenvalue weighted by atomic mass is 19.1. The topological polar surface area (TPSA) is 70.4 Å². The van der Waals surface area contributed by atoms with Crippen molar-refractivity contribution in [1.29, 1.82) is 0 Å². The van der Waals surface area contributed by atoms with Crippen molar-refractivity contribution >= 4 is 11.6 Å². The highest BCUT2D eigenvalue weighted by Gasteiger charge is 2.26. The molecule has 0 aliphatic carbocycles. The number of benzene rings is 1. The van der Waals surface area contributed by atoms with E-state index in [0.717, 1.165) is 25.9 Å². The molecule has 134 valence electrons. The summed E-state index contributed by atoms with van der Waals surface area (Å²) in [6.07, 6.45) is 5.36. The molecule has 1 saturated heterocycles. The molecule has 1 aliphatic rings. The number of nitrogens with zero attached hydrogens (tertiary/aromatic N) is 3. The predicted octanol–water partition coefficient (Wildman–Crippen LogP) is 1.80. The van der Waals surface area contributed by atoms with Crippen LogP contribution in [-0.2, 0) is 12.6 Å². The molecular weight excluding hydrogens is 323 g/mol. The first-order valence-corrected chi connectivity index (χ1v) is 8.41. The van der Waals surface area contributed by atoms with Gasteiger partial charge in [-0.15, -0.1) is 0 Å². The first kappa shape index (κ1) is 17.4. The second-order valence-electron chi connectivity index (χ2n) is 6.72. The van der Waals surface area contributed by atoms with Crippen LogP contribution in [0.3, 0.4) is 0 Å². The summed E-state index contributed by atoms with van der Waals surface area (Å²) in [5.74, 6) is -0.815. The van der Waals surface area contributed by atoms with Crippen LogP contribution in [0.2, 0.25) is 0 Å². The Morgan fingerprint density at radius 1 is 1.40 bits per heavy atom. The molecule has 0 bridgehead atoms. The lowest BCUT2D eigenvalue weighted by atomic mass is 9.99. The first-order chi connectivity index (χ1) is 11.9. The van der Waals surface area contributed by atoms with E-state index in [0.29, 0.717) is 11.3 Å². The Labute approximate surface area is 146 Å². The molecule has 0 spiro atoms. The minimum Gasteiger partial charge on any atom is -0.383 e. The number of aryl methyl sites for hydroxylation is 1. The van der Waals surface area contributed by atoms with Crippen LogP contribution in [0.25, 0.3) is 0 Å². The number of rotatable bonds is 5. The van der Waals surface area contributed by atoms with Gasteiger partial charge in [0.1, 0.15) is 11.4 Å². The van der Waals surface area contributed by atoms with Gasteiger partial charge in [0.15, 0.2) is 0 Å². The van der Waals surface area contributed by atoms with Crippen molar-refractivity contribution in [2.24, 2.45) is 7.05 Å². The largest absolute Gasteiger partial charge is 0.383 e. The van der Waals surface area contributed by atoms with Crippen LogP contribution in [0.4, 0.5) is 10.1 Å². The number of aromatic nitrogens is 2. The van der Waals surface area contributed by atoms with Crippen molar-refractivity contribution in [3.63, 3.8) is 0 Å². The highest BCUT2D eigenvalue weighted by molar-refractivity contribution is 5.94. The Bertz CT molecular complexity index is 766. The average Bonchev–Trinajstić information content (AvgIpc) is 3.24. The number of carbonyl (C=O) groups is 1. The van der Waals surface area contributed by atoms with Crippen LogP contribution in [-0.4, -0.2) is 40.4 Å². The van der Waals surface area contributed by atoms with Gasteiger partial charge >= 0.3 is 0 Å². The van der Waals surface area contributed by atoms with Gasteiger partial charge in [0.25, 0.3) is 5.91 Å². The Kier molecular flexibility index (Phi) is 4.76. The number of hydrogen-bond donors (Lipinski definition) is 2. The van der Waals surface area contributed by atoms with Gasteiger partial charge in [-0.05, 0) is 38.0 Å². The van der Waals surface area contributed by atoms with Crippen molar-refractivity contribution in [1.82, 2.24) is 15.1 Å². The Hall–Kier alpha value is -2.41. The zero-order valence-corrected chi connectivity index (χ0v) is 14.5. The standard InChI is InChI=1S/C18H23FN4O2/c1-18(25,14-10-21-22(2)11-14)12-20-17(24)13-5-6-16(15(19)9-13)23-7-3-4-8-23/h5-6,9-11,25H,3-4,7-8,12H2,1-2H3,(H,20,24). The lowest BCUT2D eigenvalue weighted by Crippen LogP contribution is -2.38. The summed E-state index contributed by atoms with van der Waals surface area (Å²) in [6.45, 7) is 3.29. The second kappa shape index (κ2) is 6.84. The van der Waals surface area contributed by atoms with Crippen molar-refractivity contribution in [2.75, 3.05) is 24.5 Å². The second-order valence-corrected chi connectivity index (χ2v) is 6.72. The fraction of sp³-hybridized carbons (Fsp3) is 0.444. The molecule has 1 aromatic carbocycles. The molecular formula is C18H23FN4O2. The summed E-state index contributed by atoms with van der Waals surface area (Å²) >= 11 is 0. The molecule has 0 radical (unpaired) electrons. The van der Waals surface area contributed by atoms with Crippen molar-refractivity contribution < 1.29 is 14.3 Å². The van der Waals surface area contributed by atoms with Crippen LogP contribution in [0.1, 0.15) is 35.7 Å². The van der Waals surface area contributed by atoms with Gasteiger partial charge in [-0.3, -0.25) is 9.48 Å². The molecule has 25 heavy (non-hydrogen) atoms. The minimum atomic E-state index is -1.25. The molecule has 1 unspecified atom stereocenters. The molecule has 1 aromatic heterocycles. The van der Waals surface area contributed by atoms with E-state index in [1.807, 2.05) is 4.90 Å². The summed E-state index contributed by atoms with van der Waals surface area (Å²) in [4.78, 5) is 14.3. The number of aliphatic hydroxyl groups is 1. The Morgan fingerprint density at radius 2 is 2.12 bits per heavy atom. The lowest BCUT2D eigenvalue weighted by Gasteiger charge is -2.22. The van der Waals surface area contributed by atoms with Crippen LogP contribution in [0.15, 0.2) is 30.6 Å². The van der Waals surface area contributed by atoms with Gasteiger partial charge in [0.2, 0.25) is 0 Å². The number of amides is 1. The molecule has 0 saturated carbocycles. The quantitative estimate of drug-likeness (QED) is 0.866. The fourth-order valence-electron chi connectivity index (χ4n) is 3.02. The molecule has 6 nitrogen and oxygen atoms in total. The maximum atomic E-state index is 14.3. The Morgan fingerprint density at radius 3 is 2.72 bits per heavy atom. The first-order valence-electron chi connectivity index (χ1n) is 8.41. The average molecular weight is 346 g/mol. The van der Waals surface area contributed by atoms with Crippen molar-refractivity contribution in [3.05, 3.63) is 47.5 Å². The van der Waals surface area contributed by atoms with Gasteiger partial charge in [0.05, 0.1) is 18.4 Å². The van der Waals surface area contributed by atoms with Crippen molar-refractivity contribution in [2.45, 2.75) is 25.4 Å². The van der Waals surface area contributed by atoms with E-state index in [2.05, 4.69) is 10.4 Å². The normalized spacial score (nSPS) is 16.7. The SMILES string of the molecule is Cn1cc(C(C)(O)CNC(=O)c2ccc(N3CCCC3)c(F)c2)cn1. The molecule has 1 atom stereocenters. The lowest BCUT2D eigenvalue weighted by molar-refractivity contribution is 0.0526. The molecule has 2 N–H and O–H groups in total. The minimum absolute atomic E-state index is 0.00697. The third-order valence-electron chi connectivity index (χ3n) is 4.58. The van der Waals surface area contributed by atoms with Crippen molar-refractivity contribution in [3.8, 4) is 0 Å². The van der Waals surface area contributed by atoms with E-state index in [1.54, 1.807) is 43.2 Å². The molecule has 7 heteroatoms. The number of nitrogens with one attached hydrogen (secondary N) is 1. The number of hydrogen-bond acceptors (Lipinski definition) is 4. The van der Waals surface area contributed by atoms with Gasteiger partial charge in [-0.1, -0.05) is 0 Å². The molecule has 3 rings (SSSR count).